The van der Waals surface area contributed by atoms with Crippen LogP contribution in [0, 0.1) is 0 Å². The largest absolute Gasteiger partial charge is 0.494 e. The first kappa shape index (κ1) is 29.6. The minimum Gasteiger partial charge on any atom is -0.494 e. The lowest BCUT2D eigenvalue weighted by Gasteiger charge is -2.35. The predicted octanol–water partition coefficient (Wildman–Crippen LogP) is 5.48. The first-order chi connectivity index (χ1) is 20.9. The lowest BCUT2D eigenvalue weighted by molar-refractivity contribution is -0.111. The lowest BCUT2D eigenvalue weighted by Crippen LogP contribution is -2.44. The minimum atomic E-state index is -0.305. The van der Waals surface area contributed by atoms with Gasteiger partial charge in [0, 0.05) is 50.3 Å². The molecule has 5 rings (SSSR count). The Bertz CT molecular complexity index is 1580. The maximum absolute atomic E-state index is 12.3. The molecule has 222 valence electrons. The van der Waals surface area contributed by atoms with E-state index in [0.717, 1.165) is 43.2 Å². The van der Waals surface area contributed by atoms with E-state index in [1.807, 2.05) is 36.4 Å². The van der Waals surface area contributed by atoms with Crippen LogP contribution in [-0.4, -0.2) is 66.1 Å². The van der Waals surface area contributed by atoms with E-state index in [9.17, 15) is 4.79 Å². The van der Waals surface area contributed by atoms with Crippen molar-refractivity contribution in [3.8, 4) is 11.5 Å². The average Bonchev–Trinajstić information content (AvgIpc) is 3.02. The van der Waals surface area contributed by atoms with Gasteiger partial charge in [-0.25, -0.2) is 4.98 Å². The van der Waals surface area contributed by atoms with Crippen LogP contribution >= 0.6 is 11.6 Å². The number of nitrogens with zero attached hydrogens (tertiary/aromatic N) is 5. The molecule has 3 N–H and O–H groups in total. The van der Waals surface area contributed by atoms with Gasteiger partial charge in [-0.3, -0.25) is 9.78 Å². The maximum atomic E-state index is 12.3. The van der Waals surface area contributed by atoms with E-state index >= 15 is 0 Å². The highest BCUT2D eigenvalue weighted by atomic mass is 35.5. The Labute approximate surface area is 255 Å². The van der Waals surface area contributed by atoms with Crippen molar-refractivity contribution < 1.29 is 14.3 Å². The van der Waals surface area contributed by atoms with Crippen molar-refractivity contribution >= 4 is 52.0 Å². The fourth-order valence-electron chi connectivity index (χ4n) is 4.52. The molecule has 0 atom stereocenters. The molecule has 0 aliphatic carbocycles. The Balaban J connectivity index is 1.32. The quantitative estimate of drug-likeness (QED) is 0.191. The number of hydrogen-bond donors (Lipinski definition) is 3. The van der Waals surface area contributed by atoms with Crippen LogP contribution in [-0.2, 0) is 11.4 Å². The number of aromatic nitrogens is 3. The van der Waals surface area contributed by atoms with E-state index in [0.29, 0.717) is 46.3 Å². The molecule has 0 spiro atoms. The minimum absolute atomic E-state index is 0.305. The zero-order valence-electron chi connectivity index (χ0n) is 24.0. The fraction of sp³-hybridized carbons (Fsp3) is 0.226. The molecular formula is C31H33ClN8O3. The number of pyridine rings is 1. The van der Waals surface area contributed by atoms with Crippen LogP contribution in [0.1, 0.15) is 5.69 Å². The van der Waals surface area contributed by atoms with Crippen molar-refractivity contribution in [2.75, 3.05) is 61.2 Å². The van der Waals surface area contributed by atoms with E-state index in [1.165, 1.54) is 6.08 Å². The standard InChI is InChI=1S/C31H33ClN8O3/c1-4-30(41)36-24-18-25(28(42-3)19-26(24)40-15-13-39(2)14-16-40)37-31-34-12-10-29(38-31)35-21-8-9-27(23(32)17-21)43-20-22-7-5-6-11-33-22/h4-12,17-19H,1,13-16,20H2,2-3H3,(H,36,41)(H2,34,35,37,38). The lowest BCUT2D eigenvalue weighted by atomic mass is 10.1. The Hall–Kier alpha value is -4.87. The summed E-state index contributed by atoms with van der Waals surface area (Å²) in [7, 11) is 3.69. The summed E-state index contributed by atoms with van der Waals surface area (Å²) in [5.41, 5.74) is 3.62. The van der Waals surface area contributed by atoms with Crippen LogP contribution in [0.2, 0.25) is 5.02 Å². The first-order valence-electron chi connectivity index (χ1n) is 13.7. The molecule has 4 aromatic rings. The third kappa shape index (κ3) is 7.70. The van der Waals surface area contributed by atoms with Crippen LogP contribution in [0.5, 0.6) is 11.5 Å². The number of halogens is 1. The van der Waals surface area contributed by atoms with Crippen LogP contribution < -0.4 is 30.3 Å². The second kappa shape index (κ2) is 13.9. The zero-order chi connectivity index (χ0) is 30.2. The number of ether oxygens (including phenoxy) is 2. The molecule has 3 heterocycles. The van der Waals surface area contributed by atoms with Gasteiger partial charge in [0.25, 0.3) is 0 Å². The van der Waals surface area contributed by atoms with Gasteiger partial charge >= 0.3 is 0 Å². The van der Waals surface area contributed by atoms with Crippen molar-refractivity contribution in [1.29, 1.82) is 0 Å². The molecule has 0 saturated carbocycles. The Morgan fingerprint density at radius 1 is 1.00 bits per heavy atom. The highest BCUT2D eigenvalue weighted by Gasteiger charge is 2.21. The molecule has 1 aliphatic rings. The molecule has 1 fully saturated rings. The SMILES string of the molecule is C=CC(=O)Nc1cc(Nc2nccc(Nc3ccc(OCc4ccccn4)c(Cl)c3)n2)c(OC)cc1N1CCN(C)CC1. The number of methoxy groups -OCH3 is 1. The molecule has 0 unspecified atom stereocenters. The van der Waals surface area contributed by atoms with Gasteiger partial charge in [-0.15, -0.1) is 0 Å². The van der Waals surface area contributed by atoms with Gasteiger partial charge < -0.3 is 35.2 Å². The summed E-state index contributed by atoms with van der Waals surface area (Å²) in [6.07, 6.45) is 4.60. The third-order valence-electron chi connectivity index (χ3n) is 6.81. The van der Waals surface area contributed by atoms with E-state index < -0.39 is 0 Å². The Morgan fingerprint density at radius 3 is 2.56 bits per heavy atom. The summed E-state index contributed by atoms with van der Waals surface area (Å²) in [6.45, 7) is 7.37. The molecule has 0 bridgehead atoms. The monoisotopic (exact) mass is 600 g/mol. The van der Waals surface area contributed by atoms with Gasteiger partial charge in [-0.05, 0) is 55.6 Å². The molecule has 1 amide bonds. The number of nitrogens with one attached hydrogen (secondary N) is 3. The van der Waals surface area contributed by atoms with Crippen molar-refractivity contribution in [3.63, 3.8) is 0 Å². The van der Waals surface area contributed by atoms with Gasteiger partial charge in [0.2, 0.25) is 11.9 Å². The van der Waals surface area contributed by atoms with Crippen molar-refractivity contribution in [2.45, 2.75) is 6.61 Å². The van der Waals surface area contributed by atoms with E-state index in [4.69, 9.17) is 21.1 Å². The van der Waals surface area contributed by atoms with Gasteiger partial charge in [0.05, 0.1) is 34.9 Å². The summed E-state index contributed by atoms with van der Waals surface area (Å²) in [5.74, 6) is 1.71. The van der Waals surface area contributed by atoms with Gasteiger partial charge in [0.1, 0.15) is 23.9 Å². The highest BCUT2D eigenvalue weighted by Crippen LogP contribution is 2.39. The van der Waals surface area contributed by atoms with E-state index in [2.05, 4.69) is 54.3 Å². The molecule has 2 aromatic heterocycles. The molecule has 2 aromatic carbocycles. The molecular weight excluding hydrogens is 568 g/mol. The first-order valence-corrected chi connectivity index (χ1v) is 14.1. The van der Waals surface area contributed by atoms with Crippen LogP contribution in [0.25, 0.3) is 0 Å². The number of benzene rings is 2. The fourth-order valence-corrected chi connectivity index (χ4v) is 4.75. The number of carbonyl (C=O) groups is 1. The number of likely N-dealkylation sites (N-methyl/N-ethyl adjacent to an activating group) is 1. The van der Waals surface area contributed by atoms with Crippen molar-refractivity contribution in [1.82, 2.24) is 19.9 Å². The molecule has 1 saturated heterocycles. The van der Waals surface area contributed by atoms with Crippen molar-refractivity contribution in [2.24, 2.45) is 0 Å². The number of anilines is 6. The Morgan fingerprint density at radius 2 is 1.84 bits per heavy atom. The summed E-state index contributed by atoms with van der Waals surface area (Å²) >= 11 is 6.48. The summed E-state index contributed by atoms with van der Waals surface area (Å²) in [5, 5.41) is 9.86. The maximum Gasteiger partial charge on any atom is 0.247 e. The average molecular weight is 601 g/mol. The molecule has 11 nitrogen and oxygen atoms in total. The van der Waals surface area contributed by atoms with Gasteiger partial charge in [-0.2, -0.15) is 4.98 Å². The second-order valence-corrected chi connectivity index (χ2v) is 10.2. The number of carbonyl (C=O) groups excluding carboxylic acids is 1. The number of piperazine rings is 1. The van der Waals surface area contributed by atoms with E-state index in [-0.39, 0.29) is 5.91 Å². The number of amides is 1. The predicted molar refractivity (Wildman–Crippen MR) is 170 cm³/mol. The van der Waals surface area contributed by atoms with Crippen molar-refractivity contribution in [3.05, 3.63) is 90.4 Å². The summed E-state index contributed by atoms with van der Waals surface area (Å²) in [4.78, 5) is 30.0. The van der Waals surface area contributed by atoms with E-state index in [1.54, 1.807) is 37.7 Å². The van der Waals surface area contributed by atoms with Crippen LogP contribution in [0.3, 0.4) is 0 Å². The van der Waals surface area contributed by atoms with Crippen LogP contribution in [0.4, 0.5) is 34.5 Å². The smallest absolute Gasteiger partial charge is 0.247 e. The summed E-state index contributed by atoms with van der Waals surface area (Å²) < 4.78 is 11.5. The molecule has 12 heteroatoms. The molecule has 0 radical (unpaired) electrons. The molecule has 43 heavy (non-hydrogen) atoms. The molecule has 1 aliphatic heterocycles. The normalized spacial score (nSPS) is 13.2. The number of rotatable bonds is 11. The van der Waals surface area contributed by atoms with Gasteiger partial charge in [0.15, 0.2) is 0 Å². The van der Waals surface area contributed by atoms with Gasteiger partial charge in [-0.1, -0.05) is 24.2 Å². The summed E-state index contributed by atoms with van der Waals surface area (Å²) in [6, 6.07) is 16.5. The Kier molecular flexibility index (Phi) is 9.55. The highest BCUT2D eigenvalue weighted by molar-refractivity contribution is 6.32. The van der Waals surface area contributed by atoms with Crippen LogP contribution in [0.15, 0.2) is 79.6 Å². The topological polar surface area (TPSA) is 117 Å². The second-order valence-electron chi connectivity index (χ2n) is 9.82. The third-order valence-corrected chi connectivity index (χ3v) is 7.11. The number of hydrogen-bond acceptors (Lipinski definition) is 10. The zero-order valence-corrected chi connectivity index (χ0v) is 24.8.